The van der Waals surface area contributed by atoms with E-state index in [1.807, 2.05) is 24.7 Å². The highest BCUT2D eigenvalue weighted by molar-refractivity contribution is 5.95. The molecule has 1 heterocycles. The molecule has 0 aliphatic heterocycles. The number of aryl methyl sites for hydroxylation is 1. The fraction of sp³-hybridized carbons (Fsp3) is 0.300. The third-order valence-corrected chi connectivity index (χ3v) is 1.98. The Kier molecular flexibility index (Phi) is 2.76. The van der Waals surface area contributed by atoms with Gasteiger partial charge in [0.05, 0.1) is 12.1 Å². The summed E-state index contributed by atoms with van der Waals surface area (Å²) in [4.78, 5) is 11.4. The Bertz CT molecular complexity index is 357. The van der Waals surface area contributed by atoms with E-state index < -0.39 is 0 Å². The van der Waals surface area contributed by atoms with Gasteiger partial charge in [-0.2, -0.15) is 0 Å². The van der Waals surface area contributed by atoms with Crippen LogP contribution in [0.3, 0.4) is 0 Å². The Balaban J connectivity index is 2.78. The van der Waals surface area contributed by atoms with Gasteiger partial charge in [-0.15, -0.1) is 6.42 Å². The topological polar surface area (TPSA) is 34.0 Å². The quantitative estimate of drug-likeness (QED) is 0.661. The highest BCUT2D eigenvalue weighted by Crippen LogP contribution is 2.07. The van der Waals surface area contributed by atoms with Crippen LogP contribution in [0.4, 0.5) is 0 Å². The van der Waals surface area contributed by atoms with E-state index in [0.29, 0.717) is 5.56 Å². The van der Waals surface area contributed by atoms with Crippen LogP contribution in [0.2, 0.25) is 0 Å². The molecule has 0 radical (unpaired) electrons. The molecule has 0 spiro atoms. The van der Waals surface area contributed by atoms with Crippen molar-refractivity contribution in [3.05, 3.63) is 23.5 Å². The molecule has 1 amide bonds. The van der Waals surface area contributed by atoms with Crippen LogP contribution in [0.25, 0.3) is 0 Å². The minimum atomic E-state index is -0.115. The first-order valence-corrected chi connectivity index (χ1v) is 4.00. The number of amides is 1. The van der Waals surface area contributed by atoms with Gasteiger partial charge in [0.15, 0.2) is 0 Å². The van der Waals surface area contributed by atoms with Crippen molar-refractivity contribution in [2.24, 2.45) is 7.05 Å². The third kappa shape index (κ3) is 1.91. The Morgan fingerprint density at radius 1 is 1.77 bits per heavy atom. The van der Waals surface area contributed by atoms with Crippen molar-refractivity contribution >= 4 is 5.91 Å². The minimum Gasteiger partial charge on any atom is -0.354 e. The lowest BCUT2D eigenvalue weighted by atomic mass is 10.2. The summed E-state index contributed by atoms with van der Waals surface area (Å²) < 4.78 is 1.89. The molecule has 1 rings (SSSR count). The van der Waals surface area contributed by atoms with Crippen molar-refractivity contribution < 1.29 is 4.79 Å². The lowest BCUT2D eigenvalue weighted by Crippen LogP contribution is -2.23. The first-order valence-electron chi connectivity index (χ1n) is 4.00. The average Bonchev–Trinajstić information content (AvgIpc) is 2.44. The van der Waals surface area contributed by atoms with Gasteiger partial charge in [-0.3, -0.25) is 4.79 Å². The molecule has 0 saturated heterocycles. The Morgan fingerprint density at radius 2 is 2.46 bits per heavy atom. The second-order valence-corrected chi connectivity index (χ2v) is 2.81. The van der Waals surface area contributed by atoms with E-state index in [2.05, 4.69) is 11.2 Å². The number of carbonyl (C=O) groups excluding carboxylic acids is 1. The van der Waals surface area contributed by atoms with Crippen molar-refractivity contribution in [1.82, 2.24) is 9.88 Å². The summed E-state index contributed by atoms with van der Waals surface area (Å²) in [6, 6.07) is 1.78. The zero-order valence-corrected chi connectivity index (χ0v) is 7.79. The first kappa shape index (κ1) is 9.40. The monoisotopic (exact) mass is 176 g/mol. The molecule has 1 aromatic heterocycles. The molecule has 68 valence electrons. The van der Waals surface area contributed by atoms with Crippen molar-refractivity contribution in [3.63, 3.8) is 0 Å². The van der Waals surface area contributed by atoms with Gasteiger partial charge in [0.25, 0.3) is 5.91 Å². The number of hydrogen-bond donors (Lipinski definition) is 1. The molecule has 0 aliphatic carbocycles. The fourth-order valence-electron chi connectivity index (χ4n) is 1.08. The molecule has 0 aromatic carbocycles. The number of rotatable bonds is 2. The van der Waals surface area contributed by atoms with Crippen LogP contribution >= 0.6 is 0 Å². The van der Waals surface area contributed by atoms with Crippen LogP contribution in [-0.4, -0.2) is 17.0 Å². The summed E-state index contributed by atoms with van der Waals surface area (Å²) in [7, 11) is 1.90. The van der Waals surface area contributed by atoms with Gasteiger partial charge in [0.1, 0.15) is 0 Å². The summed E-state index contributed by atoms with van der Waals surface area (Å²) >= 11 is 0. The number of aromatic nitrogens is 1. The molecule has 3 heteroatoms. The molecule has 3 nitrogen and oxygen atoms in total. The smallest absolute Gasteiger partial charge is 0.253 e. The van der Waals surface area contributed by atoms with Gasteiger partial charge in [-0.25, -0.2) is 0 Å². The van der Waals surface area contributed by atoms with E-state index in [-0.39, 0.29) is 12.5 Å². The Labute approximate surface area is 77.8 Å². The molecular weight excluding hydrogens is 164 g/mol. The van der Waals surface area contributed by atoms with E-state index in [0.717, 1.165) is 5.69 Å². The minimum absolute atomic E-state index is 0.115. The van der Waals surface area contributed by atoms with Crippen LogP contribution < -0.4 is 5.32 Å². The van der Waals surface area contributed by atoms with E-state index in [4.69, 9.17) is 6.42 Å². The van der Waals surface area contributed by atoms with E-state index in [9.17, 15) is 4.79 Å². The van der Waals surface area contributed by atoms with Crippen molar-refractivity contribution in [2.45, 2.75) is 6.92 Å². The van der Waals surface area contributed by atoms with Gasteiger partial charge in [-0.1, -0.05) is 5.92 Å². The lowest BCUT2D eigenvalue weighted by molar-refractivity contribution is 0.0958. The maximum atomic E-state index is 11.4. The molecule has 0 unspecified atom stereocenters. The van der Waals surface area contributed by atoms with E-state index >= 15 is 0 Å². The van der Waals surface area contributed by atoms with Gasteiger partial charge in [-0.05, 0) is 13.0 Å². The Hall–Kier alpha value is -1.69. The van der Waals surface area contributed by atoms with Gasteiger partial charge in [0.2, 0.25) is 0 Å². The van der Waals surface area contributed by atoms with E-state index in [1.54, 1.807) is 6.07 Å². The number of carbonyl (C=O) groups is 1. The van der Waals surface area contributed by atoms with Crippen LogP contribution in [0, 0.1) is 19.3 Å². The predicted octanol–water partition coefficient (Wildman–Crippen LogP) is 0.697. The zero-order chi connectivity index (χ0) is 9.84. The second kappa shape index (κ2) is 3.81. The molecule has 0 fully saturated rings. The molecule has 1 aromatic rings. The third-order valence-electron chi connectivity index (χ3n) is 1.98. The van der Waals surface area contributed by atoms with Crippen molar-refractivity contribution in [3.8, 4) is 12.3 Å². The fourth-order valence-corrected chi connectivity index (χ4v) is 1.08. The first-order chi connectivity index (χ1) is 6.16. The molecule has 0 saturated carbocycles. The lowest BCUT2D eigenvalue weighted by Gasteiger charge is -2.01. The molecule has 0 aliphatic rings. The van der Waals surface area contributed by atoms with E-state index in [1.165, 1.54) is 0 Å². The predicted molar refractivity (Wildman–Crippen MR) is 51.3 cm³/mol. The Morgan fingerprint density at radius 3 is 2.92 bits per heavy atom. The van der Waals surface area contributed by atoms with Crippen LogP contribution in [0.1, 0.15) is 16.1 Å². The molecule has 1 N–H and O–H groups in total. The normalized spacial score (nSPS) is 9.31. The highest BCUT2D eigenvalue weighted by Gasteiger charge is 2.09. The van der Waals surface area contributed by atoms with Crippen molar-refractivity contribution in [1.29, 1.82) is 0 Å². The zero-order valence-electron chi connectivity index (χ0n) is 7.79. The summed E-state index contributed by atoms with van der Waals surface area (Å²) in [6.07, 6.45) is 6.88. The largest absolute Gasteiger partial charge is 0.354 e. The second-order valence-electron chi connectivity index (χ2n) is 2.81. The SMILES string of the molecule is C#CCNC(=O)c1ccn(C)c1C. The summed E-state index contributed by atoms with van der Waals surface area (Å²) in [5, 5.41) is 2.61. The van der Waals surface area contributed by atoms with Crippen LogP contribution in [0.15, 0.2) is 12.3 Å². The van der Waals surface area contributed by atoms with Gasteiger partial charge >= 0.3 is 0 Å². The number of hydrogen-bond acceptors (Lipinski definition) is 1. The maximum Gasteiger partial charge on any atom is 0.253 e. The number of terminal acetylenes is 1. The van der Waals surface area contributed by atoms with Gasteiger partial charge < -0.3 is 9.88 Å². The summed E-state index contributed by atoms with van der Waals surface area (Å²) in [5.74, 6) is 2.24. The average molecular weight is 176 g/mol. The maximum absolute atomic E-state index is 11.4. The molecule has 13 heavy (non-hydrogen) atoms. The van der Waals surface area contributed by atoms with Gasteiger partial charge in [0, 0.05) is 18.9 Å². The molecule has 0 bridgehead atoms. The highest BCUT2D eigenvalue weighted by atomic mass is 16.1. The summed E-state index contributed by atoms with van der Waals surface area (Å²) in [5.41, 5.74) is 1.62. The number of nitrogens with zero attached hydrogens (tertiary/aromatic N) is 1. The molecular formula is C10H12N2O. The molecule has 0 atom stereocenters. The van der Waals surface area contributed by atoms with Crippen molar-refractivity contribution in [2.75, 3.05) is 6.54 Å². The summed E-state index contributed by atoms with van der Waals surface area (Å²) in [6.45, 7) is 2.16. The van der Waals surface area contributed by atoms with Crippen LogP contribution in [0.5, 0.6) is 0 Å². The van der Waals surface area contributed by atoms with Crippen LogP contribution in [-0.2, 0) is 7.05 Å². The standard InChI is InChI=1S/C10H12N2O/c1-4-6-11-10(13)9-5-7-12(3)8(9)2/h1,5,7H,6H2,2-3H3,(H,11,13). The number of nitrogens with one attached hydrogen (secondary N) is 1.